The van der Waals surface area contributed by atoms with Crippen LogP contribution in [0.5, 0.6) is 0 Å². The first kappa shape index (κ1) is 7.95. The monoisotopic (exact) mass is 160 g/mol. The van der Waals surface area contributed by atoms with Crippen molar-refractivity contribution in [3.63, 3.8) is 0 Å². The van der Waals surface area contributed by atoms with Crippen LogP contribution in [0.4, 0.5) is 0 Å². The van der Waals surface area contributed by atoms with Crippen LogP contribution in [0, 0.1) is 0 Å². The highest BCUT2D eigenvalue weighted by atomic mass is 32.1. The summed E-state index contributed by atoms with van der Waals surface area (Å²) in [6.07, 6.45) is 2.27. The first-order valence-electron chi connectivity index (χ1n) is 3.54. The maximum absolute atomic E-state index is 5.34. The summed E-state index contributed by atoms with van der Waals surface area (Å²) in [6, 6.07) is 0. The highest BCUT2D eigenvalue weighted by molar-refractivity contribution is 7.80. The molecule has 3 heteroatoms. The number of hydrogen-bond acceptors (Lipinski definition) is 3. The molecule has 0 aromatic carbocycles. The molecule has 0 aliphatic carbocycles. The number of hydrogen-bond donors (Lipinski definition) is 0. The third kappa shape index (κ3) is 2.62. The quantitative estimate of drug-likeness (QED) is 0.542. The molecule has 1 aliphatic rings. The zero-order valence-electron chi connectivity index (χ0n) is 6.13. The average molecular weight is 160 g/mol. The molecule has 0 N–H and O–H groups in total. The summed E-state index contributed by atoms with van der Waals surface area (Å²) in [4.78, 5) is 0. The van der Waals surface area contributed by atoms with Gasteiger partial charge in [-0.3, -0.25) is 0 Å². The van der Waals surface area contributed by atoms with Gasteiger partial charge in [-0.05, 0) is 12.2 Å². The van der Waals surface area contributed by atoms with E-state index in [1.54, 1.807) is 0 Å². The van der Waals surface area contributed by atoms with Crippen molar-refractivity contribution in [2.75, 3.05) is 13.2 Å². The number of ether oxygens (including phenoxy) is 2. The summed E-state index contributed by atoms with van der Waals surface area (Å²) in [5.74, 6) is 0. The molecule has 0 atom stereocenters. The lowest BCUT2D eigenvalue weighted by molar-refractivity contribution is 0.0215. The lowest BCUT2D eigenvalue weighted by Crippen LogP contribution is -2.24. The summed E-state index contributed by atoms with van der Waals surface area (Å²) in [5, 5.41) is 0.645. The maximum atomic E-state index is 5.34. The molecule has 2 nitrogen and oxygen atoms in total. The van der Waals surface area contributed by atoms with Crippen molar-refractivity contribution >= 4 is 17.3 Å². The molecule has 58 valence electrons. The molecule has 1 fully saturated rings. The van der Waals surface area contributed by atoms with Gasteiger partial charge in [-0.1, -0.05) is 0 Å². The molecule has 1 saturated heterocycles. The standard InChI is InChI=1S/C7H12O2S/c1-6(10)9-7-2-4-8-5-3-7/h7H,2-5H2,1H3. The lowest BCUT2D eigenvalue weighted by atomic mass is 10.2. The minimum Gasteiger partial charge on any atom is -0.484 e. The molecule has 0 saturated carbocycles. The van der Waals surface area contributed by atoms with Crippen LogP contribution in [0.3, 0.4) is 0 Å². The minimum atomic E-state index is 0.311. The second kappa shape index (κ2) is 3.88. The van der Waals surface area contributed by atoms with Gasteiger partial charge in [-0.25, -0.2) is 0 Å². The van der Waals surface area contributed by atoms with Gasteiger partial charge < -0.3 is 9.47 Å². The van der Waals surface area contributed by atoms with Crippen LogP contribution in [0.2, 0.25) is 0 Å². The predicted molar refractivity (Wildman–Crippen MR) is 43.2 cm³/mol. The van der Waals surface area contributed by atoms with Gasteiger partial charge in [0.2, 0.25) is 0 Å². The first-order valence-corrected chi connectivity index (χ1v) is 3.95. The highest BCUT2D eigenvalue weighted by Crippen LogP contribution is 2.10. The molecule has 10 heavy (non-hydrogen) atoms. The molecule has 0 bridgehead atoms. The fourth-order valence-electron chi connectivity index (χ4n) is 1.03. The van der Waals surface area contributed by atoms with Crippen molar-refractivity contribution in [3.8, 4) is 0 Å². The summed E-state index contributed by atoms with van der Waals surface area (Å²) in [7, 11) is 0. The lowest BCUT2D eigenvalue weighted by Gasteiger charge is -2.22. The topological polar surface area (TPSA) is 18.5 Å². The minimum absolute atomic E-state index is 0.311. The predicted octanol–water partition coefficient (Wildman–Crippen LogP) is 1.53. The molecule has 1 heterocycles. The van der Waals surface area contributed by atoms with Crippen molar-refractivity contribution in [2.24, 2.45) is 0 Å². The third-order valence-electron chi connectivity index (χ3n) is 1.50. The van der Waals surface area contributed by atoms with E-state index in [9.17, 15) is 0 Å². The molecule has 0 aromatic heterocycles. The Morgan fingerprint density at radius 1 is 1.50 bits per heavy atom. The number of thiocarbonyl (C=S) groups is 1. The van der Waals surface area contributed by atoms with Gasteiger partial charge in [0, 0.05) is 19.8 Å². The van der Waals surface area contributed by atoms with E-state index in [-0.39, 0.29) is 0 Å². The van der Waals surface area contributed by atoms with Gasteiger partial charge in [-0.15, -0.1) is 0 Å². The van der Waals surface area contributed by atoms with E-state index >= 15 is 0 Å². The van der Waals surface area contributed by atoms with E-state index in [1.807, 2.05) is 6.92 Å². The Balaban J connectivity index is 2.19. The third-order valence-corrected chi connectivity index (χ3v) is 1.60. The molecule has 0 spiro atoms. The van der Waals surface area contributed by atoms with Crippen LogP contribution in [-0.4, -0.2) is 24.4 Å². The zero-order chi connectivity index (χ0) is 7.40. The van der Waals surface area contributed by atoms with E-state index in [1.165, 1.54) is 0 Å². The molecule has 0 radical (unpaired) electrons. The Bertz CT molecular complexity index is 119. The van der Waals surface area contributed by atoms with Gasteiger partial charge in [0.15, 0.2) is 5.05 Å². The Morgan fingerprint density at radius 3 is 2.60 bits per heavy atom. The number of rotatable bonds is 1. The van der Waals surface area contributed by atoms with Crippen molar-refractivity contribution in [3.05, 3.63) is 0 Å². The van der Waals surface area contributed by atoms with Crippen molar-refractivity contribution in [1.82, 2.24) is 0 Å². The van der Waals surface area contributed by atoms with Crippen LogP contribution in [0.1, 0.15) is 19.8 Å². The Labute approximate surface area is 66.5 Å². The second-order valence-electron chi connectivity index (χ2n) is 2.42. The van der Waals surface area contributed by atoms with E-state index in [0.717, 1.165) is 26.1 Å². The van der Waals surface area contributed by atoms with Crippen LogP contribution >= 0.6 is 12.2 Å². The van der Waals surface area contributed by atoms with E-state index in [2.05, 4.69) is 0 Å². The largest absolute Gasteiger partial charge is 0.484 e. The van der Waals surface area contributed by atoms with Gasteiger partial charge >= 0.3 is 0 Å². The summed E-state index contributed by atoms with van der Waals surface area (Å²) in [6.45, 7) is 3.44. The van der Waals surface area contributed by atoms with E-state index in [4.69, 9.17) is 21.7 Å². The van der Waals surface area contributed by atoms with Crippen LogP contribution < -0.4 is 0 Å². The molecular formula is C7H12O2S. The van der Waals surface area contributed by atoms with Crippen molar-refractivity contribution < 1.29 is 9.47 Å². The first-order chi connectivity index (χ1) is 4.79. The second-order valence-corrected chi connectivity index (χ2v) is 3.00. The molecule has 0 amide bonds. The van der Waals surface area contributed by atoms with Crippen LogP contribution in [0.25, 0.3) is 0 Å². The highest BCUT2D eigenvalue weighted by Gasteiger charge is 2.14. The fraction of sp³-hybridized carbons (Fsp3) is 0.857. The van der Waals surface area contributed by atoms with Gasteiger partial charge in [0.25, 0.3) is 0 Å². The maximum Gasteiger partial charge on any atom is 0.157 e. The zero-order valence-corrected chi connectivity index (χ0v) is 6.95. The molecule has 1 aliphatic heterocycles. The fourth-order valence-corrected chi connectivity index (χ4v) is 1.16. The van der Waals surface area contributed by atoms with E-state index in [0.29, 0.717) is 11.2 Å². The Kier molecular flexibility index (Phi) is 3.09. The normalized spacial score (nSPS) is 20.5. The Hall–Kier alpha value is -0.150. The van der Waals surface area contributed by atoms with Crippen molar-refractivity contribution in [1.29, 1.82) is 0 Å². The van der Waals surface area contributed by atoms with E-state index < -0.39 is 0 Å². The summed E-state index contributed by atoms with van der Waals surface area (Å²) >= 11 is 4.81. The smallest absolute Gasteiger partial charge is 0.157 e. The molecule has 0 unspecified atom stereocenters. The van der Waals surface area contributed by atoms with Gasteiger partial charge in [-0.2, -0.15) is 0 Å². The van der Waals surface area contributed by atoms with Gasteiger partial charge in [0.05, 0.1) is 13.2 Å². The van der Waals surface area contributed by atoms with Gasteiger partial charge in [0.1, 0.15) is 6.10 Å². The summed E-state index contributed by atoms with van der Waals surface area (Å²) in [5.41, 5.74) is 0. The van der Waals surface area contributed by atoms with Crippen LogP contribution in [-0.2, 0) is 9.47 Å². The van der Waals surface area contributed by atoms with Crippen molar-refractivity contribution in [2.45, 2.75) is 25.9 Å². The SMILES string of the molecule is CC(=S)OC1CCOCC1. The molecule has 0 aromatic rings. The molecule has 1 rings (SSSR count). The van der Waals surface area contributed by atoms with Crippen LogP contribution in [0.15, 0.2) is 0 Å². The Morgan fingerprint density at radius 2 is 2.10 bits per heavy atom. The summed E-state index contributed by atoms with van der Waals surface area (Å²) < 4.78 is 10.5. The molecular weight excluding hydrogens is 148 g/mol. The average Bonchev–Trinajstić information content (AvgIpc) is 1.88.